The van der Waals surface area contributed by atoms with E-state index in [1.807, 2.05) is 0 Å². The highest BCUT2D eigenvalue weighted by molar-refractivity contribution is 5.80. The van der Waals surface area contributed by atoms with Crippen LogP contribution in [0.15, 0.2) is 12.1 Å². The van der Waals surface area contributed by atoms with Crippen LogP contribution in [0.25, 0.3) is 0 Å². The van der Waals surface area contributed by atoms with Crippen LogP contribution in [0.4, 0.5) is 0 Å². The van der Waals surface area contributed by atoms with Crippen LogP contribution in [0.3, 0.4) is 0 Å². The topological polar surface area (TPSA) is 38.8 Å². The van der Waals surface area contributed by atoms with Crippen molar-refractivity contribution < 1.29 is 14.3 Å². The van der Waals surface area contributed by atoms with Gasteiger partial charge in [-0.25, -0.2) is 0 Å². The van der Waals surface area contributed by atoms with E-state index in [0.29, 0.717) is 18.7 Å². The van der Waals surface area contributed by atoms with Gasteiger partial charge >= 0.3 is 0 Å². The standard InChI is InChI=1S/C19H29NO3/c1-5-6-7-8-16(21)13-20-10-9-15-11-18(22-3)19(23-4)12-17(15)14(20)2/h11-12,14H,5-10,13H2,1-4H3. The highest BCUT2D eigenvalue weighted by Gasteiger charge is 2.26. The number of hydrogen-bond donors (Lipinski definition) is 0. The van der Waals surface area contributed by atoms with Crippen LogP contribution >= 0.6 is 0 Å². The van der Waals surface area contributed by atoms with Gasteiger partial charge in [0, 0.05) is 19.0 Å². The molecule has 23 heavy (non-hydrogen) atoms. The molecule has 0 saturated heterocycles. The van der Waals surface area contributed by atoms with E-state index in [1.54, 1.807) is 14.2 Å². The average Bonchev–Trinajstić information content (AvgIpc) is 2.56. The molecule has 0 saturated carbocycles. The molecule has 4 nitrogen and oxygen atoms in total. The first-order valence-corrected chi connectivity index (χ1v) is 8.61. The largest absolute Gasteiger partial charge is 0.493 e. The van der Waals surface area contributed by atoms with Gasteiger partial charge in [0.2, 0.25) is 0 Å². The van der Waals surface area contributed by atoms with Crippen molar-refractivity contribution in [3.05, 3.63) is 23.3 Å². The Hall–Kier alpha value is -1.55. The fraction of sp³-hybridized carbons (Fsp3) is 0.632. The summed E-state index contributed by atoms with van der Waals surface area (Å²) in [5, 5.41) is 0. The number of methoxy groups -OCH3 is 2. The second kappa shape index (κ2) is 8.34. The Morgan fingerprint density at radius 2 is 1.91 bits per heavy atom. The minimum absolute atomic E-state index is 0.230. The van der Waals surface area contributed by atoms with Crippen LogP contribution in [0.5, 0.6) is 11.5 Å². The first kappa shape index (κ1) is 17.8. The Kier molecular flexibility index (Phi) is 6.46. The maximum Gasteiger partial charge on any atom is 0.161 e. The quantitative estimate of drug-likeness (QED) is 0.684. The van der Waals surface area contributed by atoms with Crippen molar-refractivity contribution in [3.8, 4) is 11.5 Å². The van der Waals surface area contributed by atoms with Gasteiger partial charge in [0.05, 0.1) is 20.8 Å². The lowest BCUT2D eigenvalue weighted by atomic mass is 9.92. The van der Waals surface area contributed by atoms with Crippen molar-refractivity contribution in [3.63, 3.8) is 0 Å². The molecule has 0 radical (unpaired) electrons. The minimum Gasteiger partial charge on any atom is -0.493 e. The van der Waals surface area contributed by atoms with E-state index in [2.05, 4.69) is 30.9 Å². The Bertz CT molecular complexity index is 542. The van der Waals surface area contributed by atoms with Crippen LogP contribution in [-0.2, 0) is 11.2 Å². The number of fused-ring (bicyclic) bond motifs is 1. The SMILES string of the molecule is CCCCCC(=O)CN1CCc2cc(OC)c(OC)cc2C1C. The molecule has 1 unspecified atom stereocenters. The molecular formula is C19H29NO3. The monoisotopic (exact) mass is 319 g/mol. The molecule has 1 aliphatic rings. The summed E-state index contributed by atoms with van der Waals surface area (Å²) < 4.78 is 10.8. The number of ether oxygens (including phenoxy) is 2. The number of Topliss-reactive ketones (excluding diaryl/α,β-unsaturated/α-hetero) is 1. The summed E-state index contributed by atoms with van der Waals surface area (Å²) in [5.41, 5.74) is 2.54. The van der Waals surface area contributed by atoms with Gasteiger partial charge in [-0.15, -0.1) is 0 Å². The number of ketones is 1. The average molecular weight is 319 g/mol. The lowest BCUT2D eigenvalue weighted by molar-refractivity contribution is -0.120. The summed E-state index contributed by atoms with van der Waals surface area (Å²) in [5.74, 6) is 1.89. The molecule has 1 aromatic rings. The van der Waals surface area contributed by atoms with E-state index in [1.165, 1.54) is 11.1 Å². The Balaban J connectivity index is 2.08. The second-order valence-electron chi connectivity index (χ2n) is 6.30. The summed E-state index contributed by atoms with van der Waals surface area (Å²) in [7, 11) is 3.32. The normalized spacial score (nSPS) is 17.7. The number of unbranched alkanes of at least 4 members (excludes halogenated alkanes) is 2. The Labute approximate surface area is 139 Å². The molecule has 0 bridgehead atoms. The molecule has 0 amide bonds. The summed E-state index contributed by atoms with van der Waals surface area (Å²) in [6.45, 7) is 5.81. The van der Waals surface area contributed by atoms with E-state index in [-0.39, 0.29) is 6.04 Å². The van der Waals surface area contributed by atoms with E-state index < -0.39 is 0 Å². The third kappa shape index (κ3) is 4.25. The van der Waals surface area contributed by atoms with Crippen LogP contribution in [-0.4, -0.2) is 38.0 Å². The molecule has 0 fully saturated rings. The molecule has 4 heteroatoms. The summed E-state index contributed by atoms with van der Waals surface area (Å²) >= 11 is 0. The Morgan fingerprint density at radius 3 is 2.57 bits per heavy atom. The number of hydrogen-bond acceptors (Lipinski definition) is 4. The third-order valence-electron chi connectivity index (χ3n) is 4.75. The molecule has 0 spiro atoms. The van der Waals surface area contributed by atoms with E-state index in [4.69, 9.17) is 9.47 Å². The maximum atomic E-state index is 12.2. The summed E-state index contributed by atoms with van der Waals surface area (Å²) in [6, 6.07) is 4.37. The van der Waals surface area contributed by atoms with Crippen molar-refractivity contribution in [2.24, 2.45) is 0 Å². The van der Waals surface area contributed by atoms with Gasteiger partial charge < -0.3 is 9.47 Å². The van der Waals surface area contributed by atoms with Gasteiger partial charge in [0.1, 0.15) is 5.78 Å². The fourth-order valence-corrected chi connectivity index (χ4v) is 3.29. The molecular weight excluding hydrogens is 290 g/mol. The van der Waals surface area contributed by atoms with Crippen molar-refractivity contribution in [2.45, 2.75) is 52.0 Å². The van der Waals surface area contributed by atoms with Crippen molar-refractivity contribution in [1.82, 2.24) is 4.90 Å². The third-order valence-corrected chi connectivity index (χ3v) is 4.75. The molecule has 1 aromatic carbocycles. The zero-order valence-corrected chi connectivity index (χ0v) is 14.9. The number of carbonyl (C=O) groups excluding carboxylic acids is 1. The van der Waals surface area contributed by atoms with Crippen LogP contribution in [0.1, 0.15) is 56.7 Å². The van der Waals surface area contributed by atoms with Gasteiger partial charge in [-0.2, -0.15) is 0 Å². The minimum atomic E-state index is 0.230. The number of benzene rings is 1. The van der Waals surface area contributed by atoms with Crippen molar-refractivity contribution in [1.29, 1.82) is 0 Å². The number of nitrogens with zero attached hydrogens (tertiary/aromatic N) is 1. The highest BCUT2D eigenvalue weighted by atomic mass is 16.5. The predicted molar refractivity (Wildman–Crippen MR) is 92.4 cm³/mol. The van der Waals surface area contributed by atoms with E-state index >= 15 is 0 Å². The van der Waals surface area contributed by atoms with E-state index in [9.17, 15) is 4.79 Å². The van der Waals surface area contributed by atoms with Gasteiger partial charge in [-0.1, -0.05) is 19.8 Å². The van der Waals surface area contributed by atoms with Gasteiger partial charge in [-0.3, -0.25) is 9.69 Å². The smallest absolute Gasteiger partial charge is 0.161 e. The van der Waals surface area contributed by atoms with Crippen LogP contribution < -0.4 is 9.47 Å². The van der Waals surface area contributed by atoms with Gasteiger partial charge in [0.25, 0.3) is 0 Å². The molecule has 128 valence electrons. The highest BCUT2D eigenvalue weighted by Crippen LogP contribution is 2.37. The first-order valence-electron chi connectivity index (χ1n) is 8.61. The first-order chi connectivity index (χ1) is 11.1. The van der Waals surface area contributed by atoms with Crippen LogP contribution in [0.2, 0.25) is 0 Å². The fourth-order valence-electron chi connectivity index (χ4n) is 3.29. The van der Waals surface area contributed by atoms with Crippen molar-refractivity contribution in [2.75, 3.05) is 27.3 Å². The van der Waals surface area contributed by atoms with Gasteiger partial charge in [-0.05, 0) is 43.0 Å². The molecule has 1 atom stereocenters. The molecule has 0 N–H and O–H groups in total. The number of carbonyl (C=O) groups is 1. The van der Waals surface area contributed by atoms with E-state index in [0.717, 1.165) is 43.7 Å². The summed E-state index contributed by atoms with van der Waals surface area (Å²) in [6.07, 6.45) is 4.96. The predicted octanol–water partition coefficient (Wildman–Crippen LogP) is 3.77. The molecule has 1 aliphatic heterocycles. The molecule has 0 aromatic heterocycles. The Morgan fingerprint density at radius 1 is 1.22 bits per heavy atom. The zero-order chi connectivity index (χ0) is 16.8. The number of rotatable bonds is 8. The molecule has 2 rings (SSSR count). The lowest BCUT2D eigenvalue weighted by Gasteiger charge is -2.35. The molecule has 0 aliphatic carbocycles. The second-order valence-corrected chi connectivity index (χ2v) is 6.30. The van der Waals surface area contributed by atoms with Crippen LogP contribution in [0, 0.1) is 0 Å². The summed E-state index contributed by atoms with van der Waals surface area (Å²) in [4.78, 5) is 14.5. The zero-order valence-electron chi connectivity index (χ0n) is 14.9. The molecule has 1 heterocycles. The van der Waals surface area contributed by atoms with Gasteiger partial charge in [0.15, 0.2) is 11.5 Å². The van der Waals surface area contributed by atoms with Crippen molar-refractivity contribution >= 4 is 5.78 Å². The maximum absolute atomic E-state index is 12.2. The lowest BCUT2D eigenvalue weighted by Crippen LogP contribution is -2.37.